The lowest BCUT2D eigenvalue weighted by molar-refractivity contribution is -0.270. The molecule has 0 N–H and O–H groups in total. The Labute approximate surface area is 137 Å². The molecule has 0 aliphatic carbocycles. The monoisotopic (exact) mass is 339 g/mol. The molecule has 0 spiro atoms. The van der Waals surface area contributed by atoms with Crippen LogP contribution < -0.4 is 0 Å². The summed E-state index contributed by atoms with van der Waals surface area (Å²) >= 11 is 0. The van der Waals surface area contributed by atoms with Crippen molar-refractivity contribution in [3.05, 3.63) is 60.2 Å². The number of amides is 1. The molecule has 0 saturated heterocycles. The van der Waals surface area contributed by atoms with Gasteiger partial charge in [0.15, 0.2) is 0 Å². The maximum Gasteiger partial charge on any atom is 0.430 e. The van der Waals surface area contributed by atoms with Crippen molar-refractivity contribution in [3.63, 3.8) is 0 Å². The molecule has 0 radical (unpaired) electrons. The molecule has 2 rings (SSSR count). The molecule has 1 aromatic heterocycles. The van der Waals surface area contributed by atoms with E-state index in [1.165, 1.54) is 49.9 Å². The van der Waals surface area contributed by atoms with Crippen LogP contribution in [0.2, 0.25) is 0 Å². The highest BCUT2D eigenvalue weighted by Crippen LogP contribution is 2.43. The second-order valence-corrected chi connectivity index (χ2v) is 5.11. The van der Waals surface area contributed by atoms with Crippen LogP contribution in [0.25, 0.3) is 0 Å². The lowest BCUT2D eigenvalue weighted by Gasteiger charge is -2.36. The predicted molar refractivity (Wildman–Crippen MR) is 79.7 cm³/mol. The van der Waals surface area contributed by atoms with Crippen LogP contribution in [-0.2, 0) is 21.7 Å². The standard InChI is InChI=1S/C16H16F3N3O2/c1-22(11-13-10-20-8-9-21-13)14(23)15(24-2,16(17,18)19)12-6-4-3-5-7-12/h3-10H,11H2,1-2H3/t15-/m1/s1. The number of carbonyl (C=O) groups excluding carboxylic acids is 1. The second kappa shape index (κ2) is 6.96. The van der Waals surface area contributed by atoms with Crippen molar-refractivity contribution in [2.24, 2.45) is 0 Å². The van der Waals surface area contributed by atoms with E-state index >= 15 is 0 Å². The number of aromatic nitrogens is 2. The summed E-state index contributed by atoms with van der Waals surface area (Å²) in [5.41, 5.74) is -2.99. The van der Waals surface area contributed by atoms with Crippen LogP contribution in [0, 0.1) is 0 Å². The largest absolute Gasteiger partial charge is 0.430 e. The topological polar surface area (TPSA) is 55.3 Å². The molecule has 0 saturated carbocycles. The first kappa shape index (κ1) is 17.9. The molecule has 128 valence electrons. The van der Waals surface area contributed by atoms with Gasteiger partial charge in [-0.1, -0.05) is 30.3 Å². The van der Waals surface area contributed by atoms with E-state index in [-0.39, 0.29) is 12.1 Å². The molecule has 0 unspecified atom stereocenters. The average Bonchev–Trinajstić information content (AvgIpc) is 2.56. The van der Waals surface area contributed by atoms with Crippen molar-refractivity contribution in [2.75, 3.05) is 14.2 Å². The fourth-order valence-corrected chi connectivity index (χ4v) is 2.40. The third-order valence-corrected chi connectivity index (χ3v) is 3.55. The maximum absolute atomic E-state index is 13.8. The normalized spacial score (nSPS) is 14.0. The first-order valence-electron chi connectivity index (χ1n) is 7.00. The number of halogens is 3. The SMILES string of the molecule is CO[C@@](C(=O)N(C)Cc1cnccn1)(c1ccccc1)C(F)(F)F. The molecule has 8 heteroatoms. The summed E-state index contributed by atoms with van der Waals surface area (Å²) in [5, 5.41) is 0. The number of rotatable bonds is 5. The van der Waals surface area contributed by atoms with Crippen molar-refractivity contribution in [1.82, 2.24) is 14.9 Å². The van der Waals surface area contributed by atoms with E-state index in [0.717, 1.165) is 12.0 Å². The number of methoxy groups -OCH3 is 1. The van der Waals surface area contributed by atoms with Crippen LogP contribution in [0.15, 0.2) is 48.9 Å². The van der Waals surface area contributed by atoms with E-state index in [0.29, 0.717) is 5.69 Å². The minimum atomic E-state index is -4.93. The Morgan fingerprint density at radius 3 is 2.38 bits per heavy atom. The van der Waals surface area contributed by atoms with Crippen molar-refractivity contribution in [2.45, 2.75) is 18.3 Å². The van der Waals surface area contributed by atoms with Gasteiger partial charge in [0.2, 0.25) is 0 Å². The fraction of sp³-hybridized carbons (Fsp3) is 0.312. The van der Waals surface area contributed by atoms with E-state index in [4.69, 9.17) is 4.74 Å². The molecule has 2 aromatic rings. The highest BCUT2D eigenvalue weighted by molar-refractivity contribution is 5.87. The zero-order valence-corrected chi connectivity index (χ0v) is 13.1. The summed E-state index contributed by atoms with van der Waals surface area (Å²) < 4.78 is 46.2. The molecule has 0 fully saturated rings. The Hall–Kier alpha value is -2.48. The number of nitrogens with zero attached hydrogens (tertiary/aromatic N) is 3. The van der Waals surface area contributed by atoms with Gasteiger partial charge in [-0.2, -0.15) is 13.2 Å². The van der Waals surface area contributed by atoms with Gasteiger partial charge in [-0.15, -0.1) is 0 Å². The van der Waals surface area contributed by atoms with Crippen LogP contribution in [0.4, 0.5) is 13.2 Å². The number of carbonyl (C=O) groups is 1. The number of likely N-dealkylation sites (N-methyl/N-ethyl adjacent to an activating group) is 1. The lowest BCUT2D eigenvalue weighted by Crippen LogP contribution is -2.55. The molecule has 1 atom stereocenters. The van der Waals surface area contributed by atoms with Crippen molar-refractivity contribution in [1.29, 1.82) is 0 Å². The molecule has 5 nitrogen and oxygen atoms in total. The summed E-state index contributed by atoms with van der Waals surface area (Å²) in [5.74, 6) is -1.23. The molecule has 1 aromatic carbocycles. The average molecular weight is 339 g/mol. The van der Waals surface area contributed by atoms with Crippen LogP contribution >= 0.6 is 0 Å². The highest BCUT2D eigenvalue weighted by Gasteiger charge is 2.63. The molecule has 1 heterocycles. The van der Waals surface area contributed by atoms with Crippen molar-refractivity contribution in [3.8, 4) is 0 Å². The van der Waals surface area contributed by atoms with Crippen LogP contribution in [0.5, 0.6) is 0 Å². The highest BCUT2D eigenvalue weighted by atomic mass is 19.4. The van der Waals surface area contributed by atoms with Gasteiger partial charge < -0.3 is 9.64 Å². The Balaban J connectivity index is 2.42. The van der Waals surface area contributed by atoms with Crippen LogP contribution in [0.1, 0.15) is 11.3 Å². The Morgan fingerprint density at radius 2 is 1.88 bits per heavy atom. The first-order valence-corrected chi connectivity index (χ1v) is 7.00. The summed E-state index contributed by atoms with van der Waals surface area (Å²) in [6.07, 6.45) is -0.714. The van der Waals surface area contributed by atoms with E-state index in [9.17, 15) is 18.0 Å². The van der Waals surface area contributed by atoms with Crippen molar-refractivity contribution < 1.29 is 22.7 Å². The van der Waals surface area contributed by atoms with E-state index in [1.807, 2.05) is 0 Å². The van der Waals surface area contributed by atoms with Gasteiger partial charge in [0.25, 0.3) is 11.5 Å². The molecule has 0 bridgehead atoms. The Morgan fingerprint density at radius 1 is 1.21 bits per heavy atom. The minimum absolute atomic E-state index is 0.124. The molecular formula is C16H16F3N3O2. The van der Waals surface area contributed by atoms with Crippen LogP contribution in [0.3, 0.4) is 0 Å². The molecule has 1 amide bonds. The van der Waals surface area contributed by atoms with E-state index < -0.39 is 17.7 Å². The summed E-state index contributed by atoms with van der Waals surface area (Å²) in [6, 6.07) is 6.83. The van der Waals surface area contributed by atoms with Gasteiger partial charge in [-0.25, -0.2) is 0 Å². The molecule has 0 aliphatic rings. The number of hydrogen-bond donors (Lipinski definition) is 0. The molecule has 0 aliphatic heterocycles. The zero-order valence-electron chi connectivity index (χ0n) is 13.1. The van der Waals surface area contributed by atoms with E-state index in [1.54, 1.807) is 6.07 Å². The lowest BCUT2D eigenvalue weighted by atomic mass is 9.91. The smallest absolute Gasteiger partial charge is 0.356 e. The Bertz CT molecular complexity index is 680. The van der Waals surface area contributed by atoms with Gasteiger partial charge in [-0.3, -0.25) is 14.8 Å². The number of hydrogen-bond acceptors (Lipinski definition) is 4. The summed E-state index contributed by atoms with van der Waals surface area (Å²) in [7, 11) is 2.13. The molecular weight excluding hydrogens is 323 g/mol. The summed E-state index contributed by atoms with van der Waals surface area (Å²) in [4.78, 5) is 21.4. The number of alkyl halides is 3. The maximum atomic E-state index is 13.8. The summed E-state index contributed by atoms with van der Waals surface area (Å²) in [6.45, 7) is -0.124. The number of ether oxygens (including phenoxy) is 1. The number of benzene rings is 1. The van der Waals surface area contributed by atoms with Crippen molar-refractivity contribution >= 4 is 5.91 Å². The quantitative estimate of drug-likeness (QED) is 0.840. The first-order chi connectivity index (χ1) is 11.3. The van der Waals surface area contributed by atoms with Gasteiger partial charge in [0.1, 0.15) is 0 Å². The van der Waals surface area contributed by atoms with Gasteiger partial charge in [0.05, 0.1) is 18.4 Å². The fourth-order valence-electron chi connectivity index (χ4n) is 2.40. The second-order valence-electron chi connectivity index (χ2n) is 5.11. The molecule has 24 heavy (non-hydrogen) atoms. The van der Waals surface area contributed by atoms with Gasteiger partial charge >= 0.3 is 6.18 Å². The van der Waals surface area contributed by atoms with Crippen LogP contribution in [-0.4, -0.2) is 41.1 Å². The minimum Gasteiger partial charge on any atom is -0.356 e. The van der Waals surface area contributed by atoms with E-state index in [2.05, 4.69) is 9.97 Å². The Kier molecular flexibility index (Phi) is 5.18. The predicted octanol–water partition coefficient (Wildman–Crippen LogP) is 2.54. The van der Waals surface area contributed by atoms with Gasteiger partial charge in [0, 0.05) is 32.1 Å². The van der Waals surface area contributed by atoms with Gasteiger partial charge in [-0.05, 0) is 0 Å². The third kappa shape index (κ3) is 3.23. The third-order valence-electron chi connectivity index (χ3n) is 3.55. The zero-order chi connectivity index (χ0) is 17.8.